The molecule has 0 aliphatic heterocycles. The van der Waals surface area contributed by atoms with Crippen LogP contribution in [0.1, 0.15) is 17.3 Å². The fourth-order valence-electron chi connectivity index (χ4n) is 1.59. The molecule has 0 fully saturated rings. The summed E-state index contributed by atoms with van der Waals surface area (Å²) in [4.78, 5) is 11.7. The Hall–Kier alpha value is -2.20. The van der Waals surface area contributed by atoms with Crippen molar-refractivity contribution in [3.63, 3.8) is 0 Å². The van der Waals surface area contributed by atoms with Gasteiger partial charge in [-0.3, -0.25) is 0 Å². The van der Waals surface area contributed by atoms with Gasteiger partial charge in [0.1, 0.15) is 5.75 Å². The Morgan fingerprint density at radius 3 is 2.55 bits per heavy atom. The van der Waals surface area contributed by atoms with Crippen LogP contribution in [0.2, 0.25) is 5.02 Å². The Balaban J connectivity index is 2.24. The zero-order valence-electron chi connectivity index (χ0n) is 10.9. The molecule has 0 saturated carbocycles. The van der Waals surface area contributed by atoms with E-state index in [1.54, 1.807) is 49.4 Å². The van der Waals surface area contributed by atoms with Gasteiger partial charge in [0.2, 0.25) is 0 Å². The molecular formula is C15H14ClNO3. The quantitative estimate of drug-likeness (QED) is 0.686. The van der Waals surface area contributed by atoms with Crippen molar-refractivity contribution in [3.05, 3.63) is 53.1 Å². The molecule has 2 rings (SSSR count). The van der Waals surface area contributed by atoms with Crippen LogP contribution in [-0.4, -0.2) is 12.6 Å². The molecule has 0 aliphatic carbocycles. The highest BCUT2D eigenvalue weighted by molar-refractivity contribution is 6.30. The minimum Gasteiger partial charge on any atom is -0.462 e. The molecule has 0 unspecified atom stereocenters. The molecular weight excluding hydrogens is 278 g/mol. The second-order valence-electron chi connectivity index (χ2n) is 4.03. The van der Waals surface area contributed by atoms with Gasteiger partial charge in [0.05, 0.1) is 17.9 Å². The van der Waals surface area contributed by atoms with Gasteiger partial charge in [0.15, 0.2) is 5.75 Å². The van der Waals surface area contributed by atoms with Crippen molar-refractivity contribution in [3.8, 4) is 11.5 Å². The van der Waals surface area contributed by atoms with Crippen LogP contribution in [0.3, 0.4) is 0 Å². The van der Waals surface area contributed by atoms with E-state index in [0.717, 1.165) is 0 Å². The van der Waals surface area contributed by atoms with Gasteiger partial charge < -0.3 is 15.2 Å². The average molecular weight is 292 g/mol. The summed E-state index contributed by atoms with van der Waals surface area (Å²) in [6, 6.07) is 11.6. The molecule has 2 aromatic rings. The Morgan fingerprint density at radius 1 is 1.20 bits per heavy atom. The number of hydrogen-bond acceptors (Lipinski definition) is 4. The van der Waals surface area contributed by atoms with E-state index >= 15 is 0 Å². The van der Waals surface area contributed by atoms with Crippen LogP contribution in [-0.2, 0) is 4.74 Å². The van der Waals surface area contributed by atoms with Crippen LogP contribution in [0, 0.1) is 0 Å². The second kappa shape index (κ2) is 6.30. The predicted octanol–water partition coefficient (Wildman–Crippen LogP) is 3.89. The first-order chi connectivity index (χ1) is 9.60. The van der Waals surface area contributed by atoms with E-state index in [4.69, 9.17) is 26.8 Å². The third-order valence-electron chi connectivity index (χ3n) is 2.57. The summed E-state index contributed by atoms with van der Waals surface area (Å²) < 4.78 is 10.6. The minimum absolute atomic E-state index is 0.316. The van der Waals surface area contributed by atoms with E-state index in [1.807, 2.05) is 0 Å². The van der Waals surface area contributed by atoms with Crippen molar-refractivity contribution in [1.29, 1.82) is 0 Å². The summed E-state index contributed by atoms with van der Waals surface area (Å²) in [7, 11) is 0. The summed E-state index contributed by atoms with van der Waals surface area (Å²) in [6.45, 7) is 2.07. The van der Waals surface area contributed by atoms with Gasteiger partial charge in [0.25, 0.3) is 0 Å². The summed E-state index contributed by atoms with van der Waals surface area (Å²) in [5, 5.41) is 0.616. The van der Waals surface area contributed by atoms with Gasteiger partial charge in [-0.1, -0.05) is 11.6 Å². The summed E-state index contributed by atoms with van der Waals surface area (Å²) in [5.74, 6) is 0.577. The molecule has 5 heteroatoms. The van der Waals surface area contributed by atoms with Gasteiger partial charge in [-0.2, -0.15) is 0 Å². The van der Waals surface area contributed by atoms with Crippen LogP contribution >= 0.6 is 11.6 Å². The van der Waals surface area contributed by atoms with Gasteiger partial charge in [0, 0.05) is 5.02 Å². The van der Waals surface area contributed by atoms with Crippen molar-refractivity contribution in [2.24, 2.45) is 0 Å². The van der Waals surface area contributed by atoms with E-state index in [1.165, 1.54) is 0 Å². The Bertz CT molecular complexity index is 611. The first kappa shape index (κ1) is 14.2. The van der Waals surface area contributed by atoms with Crippen molar-refractivity contribution in [2.75, 3.05) is 12.3 Å². The number of rotatable bonds is 4. The fraction of sp³-hybridized carbons (Fsp3) is 0.133. The molecule has 0 amide bonds. The number of hydrogen-bond donors (Lipinski definition) is 1. The normalized spacial score (nSPS) is 10.1. The first-order valence-electron chi connectivity index (χ1n) is 6.10. The summed E-state index contributed by atoms with van der Waals surface area (Å²) in [5.41, 5.74) is 6.67. The number of benzene rings is 2. The second-order valence-corrected chi connectivity index (χ2v) is 4.47. The third kappa shape index (κ3) is 3.42. The molecule has 104 valence electrons. The molecule has 2 N–H and O–H groups in total. The summed E-state index contributed by atoms with van der Waals surface area (Å²) >= 11 is 5.81. The standard InChI is InChI=1S/C15H14ClNO3/c1-2-19-15(18)10-3-8-13(17)14(9-10)20-12-6-4-11(16)5-7-12/h3-9H,2,17H2,1H3. The molecule has 0 atom stereocenters. The highest BCUT2D eigenvalue weighted by Crippen LogP contribution is 2.29. The van der Waals surface area contributed by atoms with Crippen molar-refractivity contribution in [1.82, 2.24) is 0 Å². The molecule has 20 heavy (non-hydrogen) atoms. The zero-order valence-corrected chi connectivity index (χ0v) is 11.7. The number of nitrogen functional groups attached to an aromatic ring is 1. The van der Waals surface area contributed by atoms with Crippen molar-refractivity contribution >= 4 is 23.3 Å². The van der Waals surface area contributed by atoms with Crippen LogP contribution in [0.25, 0.3) is 0 Å². The van der Waals surface area contributed by atoms with E-state index < -0.39 is 5.97 Å². The van der Waals surface area contributed by atoms with E-state index in [9.17, 15) is 4.79 Å². The molecule has 0 heterocycles. The van der Waals surface area contributed by atoms with Crippen LogP contribution in [0.4, 0.5) is 5.69 Å². The Labute approximate surface area is 122 Å². The predicted molar refractivity (Wildman–Crippen MR) is 78.3 cm³/mol. The maximum absolute atomic E-state index is 11.7. The zero-order chi connectivity index (χ0) is 14.5. The van der Waals surface area contributed by atoms with Crippen LogP contribution in [0.15, 0.2) is 42.5 Å². The van der Waals surface area contributed by atoms with Gasteiger partial charge in [-0.05, 0) is 49.4 Å². The maximum atomic E-state index is 11.7. The Kier molecular flexibility index (Phi) is 4.48. The average Bonchev–Trinajstić information content (AvgIpc) is 2.44. The lowest BCUT2D eigenvalue weighted by molar-refractivity contribution is 0.0526. The van der Waals surface area contributed by atoms with E-state index in [2.05, 4.69) is 0 Å². The topological polar surface area (TPSA) is 61.5 Å². The fourth-order valence-corrected chi connectivity index (χ4v) is 1.72. The van der Waals surface area contributed by atoms with Gasteiger partial charge in [-0.15, -0.1) is 0 Å². The molecule has 0 aliphatic rings. The van der Waals surface area contributed by atoms with E-state index in [0.29, 0.717) is 34.4 Å². The molecule has 0 aromatic heterocycles. The van der Waals surface area contributed by atoms with Crippen LogP contribution in [0.5, 0.6) is 11.5 Å². The monoisotopic (exact) mass is 291 g/mol. The lowest BCUT2D eigenvalue weighted by Gasteiger charge is -2.10. The number of halogens is 1. The van der Waals surface area contributed by atoms with E-state index in [-0.39, 0.29) is 0 Å². The molecule has 0 spiro atoms. The lowest BCUT2D eigenvalue weighted by Crippen LogP contribution is -2.05. The molecule has 4 nitrogen and oxygen atoms in total. The highest BCUT2D eigenvalue weighted by atomic mass is 35.5. The molecule has 0 saturated heterocycles. The van der Waals surface area contributed by atoms with Crippen molar-refractivity contribution < 1.29 is 14.3 Å². The SMILES string of the molecule is CCOC(=O)c1ccc(N)c(Oc2ccc(Cl)cc2)c1. The minimum atomic E-state index is -0.409. The number of carbonyl (C=O) groups is 1. The highest BCUT2D eigenvalue weighted by Gasteiger charge is 2.10. The summed E-state index contributed by atoms with van der Waals surface area (Å²) in [6.07, 6.45) is 0. The molecule has 0 bridgehead atoms. The number of carbonyl (C=O) groups excluding carboxylic acids is 1. The maximum Gasteiger partial charge on any atom is 0.338 e. The number of ether oxygens (including phenoxy) is 2. The number of anilines is 1. The third-order valence-corrected chi connectivity index (χ3v) is 2.82. The smallest absolute Gasteiger partial charge is 0.338 e. The first-order valence-corrected chi connectivity index (χ1v) is 6.48. The number of nitrogens with two attached hydrogens (primary N) is 1. The molecule has 2 aromatic carbocycles. The Morgan fingerprint density at radius 2 is 1.90 bits per heavy atom. The lowest BCUT2D eigenvalue weighted by atomic mass is 10.2. The van der Waals surface area contributed by atoms with Crippen LogP contribution < -0.4 is 10.5 Å². The van der Waals surface area contributed by atoms with Gasteiger partial charge >= 0.3 is 5.97 Å². The van der Waals surface area contributed by atoms with Gasteiger partial charge in [-0.25, -0.2) is 4.79 Å². The largest absolute Gasteiger partial charge is 0.462 e. The van der Waals surface area contributed by atoms with Crippen molar-refractivity contribution in [2.45, 2.75) is 6.92 Å². The molecule has 0 radical (unpaired) electrons. The number of esters is 1.